The zero-order chi connectivity index (χ0) is 11.8. The van der Waals surface area contributed by atoms with Gasteiger partial charge < -0.3 is 0 Å². The lowest BCUT2D eigenvalue weighted by Gasteiger charge is -2.37. The Kier molecular flexibility index (Phi) is 2.97. The molecule has 1 aromatic rings. The van der Waals surface area contributed by atoms with E-state index >= 15 is 0 Å². The van der Waals surface area contributed by atoms with E-state index in [1.807, 2.05) is 13.8 Å². The van der Waals surface area contributed by atoms with E-state index in [-0.39, 0.29) is 6.04 Å². The van der Waals surface area contributed by atoms with Crippen molar-refractivity contribution in [3.63, 3.8) is 0 Å². The van der Waals surface area contributed by atoms with Crippen LogP contribution < -0.4 is 0 Å². The van der Waals surface area contributed by atoms with E-state index in [9.17, 15) is 4.39 Å². The fourth-order valence-electron chi connectivity index (χ4n) is 2.27. The van der Waals surface area contributed by atoms with Crippen molar-refractivity contribution in [2.75, 3.05) is 13.1 Å². The van der Waals surface area contributed by atoms with Crippen LogP contribution in [-0.2, 0) is 0 Å². The molecular weight excluding hydrogens is 207 g/mol. The van der Waals surface area contributed by atoms with Crippen LogP contribution in [0.3, 0.4) is 0 Å². The van der Waals surface area contributed by atoms with E-state index < -0.39 is 5.67 Å². The molecule has 0 spiro atoms. The zero-order valence-corrected chi connectivity index (χ0v) is 10.1. The van der Waals surface area contributed by atoms with Gasteiger partial charge in [-0.3, -0.25) is 10.00 Å². The summed E-state index contributed by atoms with van der Waals surface area (Å²) in [6, 6.07) is 0.0836. The molecule has 0 amide bonds. The molecule has 90 valence electrons. The van der Waals surface area contributed by atoms with Crippen LogP contribution in [0.1, 0.15) is 44.4 Å². The van der Waals surface area contributed by atoms with Crippen molar-refractivity contribution in [3.05, 3.63) is 11.6 Å². The molecule has 2 rings (SSSR count). The average Bonchev–Trinajstić information content (AvgIpc) is 2.62. The number of nitrogens with one attached hydrogen (secondary N) is 1. The van der Waals surface area contributed by atoms with E-state index in [0.29, 0.717) is 13.0 Å². The minimum absolute atomic E-state index is 0.0836. The van der Waals surface area contributed by atoms with Crippen LogP contribution in [0.2, 0.25) is 0 Å². The Morgan fingerprint density at radius 2 is 2.31 bits per heavy atom. The molecule has 0 bridgehead atoms. The summed E-state index contributed by atoms with van der Waals surface area (Å²) < 4.78 is 13.9. The van der Waals surface area contributed by atoms with Crippen molar-refractivity contribution in [2.24, 2.45) is 0 Å². The van der Waals surface area contributed by atoms with E-state index in [1.54, 1.807) is 6.92 Å². The van der Waals surface area contributed by atoms with Gasteiger partial charge in [-0.25, -0.2) is 9.37 Å². The first kappa shape index (κ1) is 11.5. The van der Waals surface area contributed by atoms with Crippen molar-refractivity contribution in [2.45, 2.75) is 45.3 Å². The van der Waals surface area contributed by atoms with E-state index in [0.717, 1.165) is 24.6 Å². The SMILES string of the molecule is Cc1nc([C@@H](C)N2CCC[C@](C)(F)C2)n[nH]1. The number of rotatable bonds is 2. The minimum Gasteiger partial charge on any atom is -0.290 e. The van der Waals surface area contributed by atoms with Crippen molar-refractivity contribution >= 4 is 0 Å². The molecule has 1 fully saturated rings. The molecule has 1 aliphatic heterocycles. The van der Waals surface area contributed by atoms with E-state index in [1.165, 1.54) is 0 Å². The Morgan fingerprint density at radius 3 is 2.88 bits per heavy atom. The molecule has 1 saturated heterocycles. The van der Waals surface area contributed by atoms with Crippen LogP contribution in [0.15, 0.2) is 0 Å². The monoisotopic (exact) mass is 226 g/mol. The highest BCUT2D eigenvalue weighted by Gasteiger charge is 2.33. The highest BCUT2D eigenvalue weighted by Crippen LogP contribution is 2.29. The Hall–Kier alpha value is -0.970. The Bertz CT molecular complexity index is 361. The summed E-state index contributed by atoms with van der Waals surface area (Å²) in [5, 5.41) is 6.97. The molecule has 16 heavy (non-hydrogen) atoms. The predicted molar refractivity (Wildman–Crippen MR) is 59.9 cm³/mol. The second-order valence-electron chi connectivity index (χ2n) is 4.94. The number of alkyl halides is 1. The Morgan fingerprint density at radius 1 is 1.56 bits per heavy atom. The summed E-state index contributed by atoms with van der Waals surface area (Å²) in [6.45, 7) is 6.98. The summed E-state index contributed by atoms with van der Waals surface area (Å²) in [5.74, 6) is 1.57. The topological polar surface area (TPSA) is 44.8 Å². The first-order valence-corrected chi connectivity index (χ1v) is 5.80. The number of aryl methyl sites for hydroxylation is 1. The maximum atomic E-state index is 13.9. The number of nitrogens with zero attached hydrogens (tertiary/aromatic N) is 3. The number of aromatic amines is 1. The van der Waals surface area contributed by atoms with Crippen molar-refractivity contribution < 1.29 is 4.39 Å². The lowest BCUT2D eigenvalue weighted by Crippen LogP contribution is -2.44. The third-order valence-electron chi connectivity index (χ3n) is 3.21. The molecule has 1 N–H and O–H groups in total. The Labute approximate surface area is 95.3 Å². The maximum Gasteiger partial charge on any atom is 0.167 e. The van der Waals surface area contributed by atoms with Gasteiger partial charge in [-0.2, -0.15) is 5.10 Å². The van der Waals surface area contributed by atoms with Crippen LogP contribution in [0.5, 0.6) is 0 Å². The van der Waals surface area contributed by atoms with Crippen molar-refractivity contribution in [3.8, 4) is 0 Å². The molecule has 0 aliphatic carbocycles. The molecule has 0 saturated carbocycles. The predicted octanol–water partition coefficient (Wildman–Crippen LogP) is 2.00. The molecule has 2 atom stereocenters. The fraction of sp³-hybridized carbons (Fsp3) is 0.818. The second-order valence-corrected chi connectivity index (χ2v) is 4.94. The first-order valence-electron chi connectivity index (χ1n) is 5.80. The fourth-order valence-corrected chi connectivity index (χ4v) is 2.27. The molecule has 0 unspecified atom stereocenters. The summed E-state index contributed by atoms with van der Waals surface area (Å²) in [4.78, 5) is 6.42. The summed E-state index contributed by atoms with van der Waals surface area (Å²) in [5.41, 5.74) is -1.07. The van der Waals surface area contributed by atoms with Crippen LogP contribution >= 0.6 is 0 Å². The highest BCUT2D eigenvalue weighted by atomic mass is 19.1. The standard InChI is InChI=1S/C11H19FN4/c1-8(10-13-9(2)14-15-10)16-6-4-5-11(3,12)7-16/h8H,4-7H2,1-3H3,(H,13,14,15)/t8-,11+/m1/s1. The van der Waals surface area contributed by atoms with Gasteiger partial charge in [0.2, 0.25) is 0 Å². The van der Waals surface area contributed by atoms with Crippen LogP contribution in [0.4, 0.5) is 4.39 Å². The number of likely N-dealkylation sites (tertiary alicyclic amines) is 1. The third-order valence-corrected chi connectivity index (χ3v) is 3.21. The summed E-state index contributed by atoms with van der Waals surface area (Å²) in [6.07, 6.45) is 1.56. The van der Waals surface area contributed by atoms with Gasteiger partial charge >= 0.3 is 0 Å². The molecule has 2 heterocycles. The van der Waals surface area contributed by atoms with Gasteiger partial charge in [0.25, 0.3) is 0 Å². The molecule has 1 aliphatic rings. The zero-order valence-electron chi connectivity index (χ0n) is 10.1. The smallest absolute Gasteiger partial charge is 0.167 e. The molecule has 4 nitrogen and oxygen atoms in total. The molecule has 5 heteroatoms. The van der Waals surface area contributed by atoms with Crippen LogP contribution in [0.25, 0.3) is 0 Å². The van der Waals surface area contributed by atoms with Crippen LogP contribution in [0, 0.1) is 6.92 Å². The molecule has 0 aromatic carbocycles. The van der Waals surface area contributed by atoms with Crippen molar-refractivity contribution in [1.82, 2.24) is 20.1 Å². The lowest BCUT2D eigenvalue weighted by molar-refractivity contribution is 0.0370. The number of hydrogen-bond acceptors (Lipinski definition) is 3. The van der Waals surface area contributed by atoms with Gasteiger partial charge in [0, 0.05) is 6.54 Å². The number of halogens is 1. The van der Waals surface area contributed by atoms with Gasteiger partial charge in [-0.1, -0.05) is 0 Å². The number of H-pyrrole nitrogens is 1. The normalized spacial score (nSPS) is 29.2. The largest absolute Gasteiger partial charge is 0.290 e. The first-order chi connectivity index (χ1) is 7.48. The minimum atomic E-state index is -1.07. The van der Waals surface area contributed by atoms with E-state index in [2.05, 4.69) is 20.1 Å². The van der Waals surface area contributed by atoms with Gasteiger partial charge in [-0.15, -0.1) is 0 Å². The number of hydrogen-bond donors (Lipinski definition) is 1. The van der Waals surface area contributed by atoms with Gasteiger partial charge in [0.1, 0.15) is 11.5 Å². The number of piperidine rings is 1. The van der Waals surface area contributed by atoms with Gasteiger partial charge in [0.05, 0.1) is 6.04 Å². The summed E-state index contributed by atoms with van der Waals surface area (Å²) >= 11 is 0. The molecular formula is C11H19FN4. The van der Waals surface area contributed by atoms with Crippen LogP contribution in [-0.4, -0.2) is 38.8 Å². The van der Waals surface area contributed by atoms with Gasteiger partial charge in [0.15, 0.2) is 5.82 Å². The quantitative estimate of drug-likeness (QED) is 0.839. The second kappa shape index (κ2) is 4.13. The van der Waals surface area contributed by atoms with Crippen molar-refractivity contribution in [1.29, 1.82) is 0 Å². The highest BCUT2D eigenvalue weighted by molar-refractivity contribution is 4.97. The third kappa shape index (κ3) is 2.40. The molecule has 0 radical (unpaired) electrons. The lowest BCUT2D eigenvalue weighted by atomic mass is 9.96. The van der Waals surface area contributed by atoms with Gasteiger partial charge in [-0.05, 0) is 40.2 Å². The average molecular weight is 226 g/mol. The Balaban J connectivity index is 2.07. The van der Waals surface area contributed by atoms with E-state index in [4.69, 9.17) is 0 Å². The maximum absolute atomic E-state index is 13.9. The molecule has 1 aromatic heterocycles. The summed E-state index contributed by atoms with van der Waals surface area (Å²) in [7, 11) is 0. The number of aromatic nitrogens is 3.